The van der Waals surface area contributed by atoms with Crippen molar-refractivity contribution in [1.29, 1.82) is 0 Å². The Hall–Kier alpha value is -0.123. The first kappa shape index (κ1) is 14.9. The highest BCUT2D eigenvalue weighted by molar-refractivity contribution is 6.46. The fraction of sp³-hybridized carbons (Fsp3) is 0.833. The van der Waals surface area contributed by atoms with Crippen molar-refractivity contribution in [3.63, 3.8) is 0 Å². The van der Waals surface area contributed by atoms with Gasteiger partial charge in [-0.3, -0.25) is 0 Å². The highest BCUT2D eigenvalue weighted by Crippen LogP contribution is 2.20. The van der Waals surface area contributed by atoms with Gasteiger partial charge < -0.3 is 8.85 Å². The van der Waals surface area contributed by atoms with Crippen LogP contribution in [0.15, 0.2) is 12.7 Å². The zero-order valence-corrected chi connectivity index (χ0v) is 12.0. The molecule has 0 spiro atoms. The Kier molecular flexibility index (Phi) is 8.01. The zero-order chi connectivity index (χ0) is 11.8. The van der Waals surface area contributed by atoms with Crippen LogP contribution >= 0.6 is 0 Å². The van der Waals surface area contributed by atoms with E-state index in [2.05, 4.69) is 41.2 Å². The summed E-state index contributed by atoms with van der Waals surface area (Å²) >= 11 is 0. The van der Waals surface area contributed by atoms with Crippen LogP contribution in [0, 0.1) is 0 Å². The average molecular weight is 230 g/mol. The van der Waals surface area contributed by atoms with Crippen molar-refractivity contribution in [2.24, 2.45) is 0 Å². The van der Waals surface area contributed by atoms with Gasteiger partial charge in [-0.15, -0.1) is 6.58 Å². The number of hydrogen-bond acceptors (Lipinski definition) is 2. The standard InChI is InChI=1S/C12H26O2Si/c1-7-8-9-12(6)15(13-10(2)3)14-11(4)5/h7,10-12,15H,1,8-9H2,2-6H3. The molecule has 0 rings (SSSR count). The number of hydrogen-bond donors (Lipinski definition) is 0. The minimum absolute atomic E-state index is 0.270. The maximum atomic E-state index is 5.90. The lowest BCUT2D eigenvalue weighted by Crippen LogP contribution is -2.33. The molecule has 0 aromatic rings. The number of rotatable bonds is 8. The number of allylic oxidation sites excluding steroid dienone is 1. The Balaban J connectivity index is 4.13. The molecule has 0 aliphatic heterocycles. The molecule has 1 unspecified atom stereocenters. The van der Waals surface area contributed by atoms with Crippen LogP contribution in [0.2, 0.25) is 5.54 Å². The summed E-state index contributed by atoms with van der Waals surface area (Å²) in [7, 11) is -1.52. The van der Waals surface area contributed by atoms with E-state index in [-0.39, 0.29) is 12.2 Å². The third kappa shape index (κ3) is 7.77. The molecule has 0 aliphatic carbocycles. The summed E-state index contributed by atoms with van der Waals surface area (Å²) in [6.07, 6.45) is 4.68. The lowest BCUT2D eigenvalue weighted by atomic mass is 10.2. The van der Waals surface area contributed by atoms with Gasteiger partial charge in [-0.05, 0) is 46.1 Å². The SMILES string of the molecule is C=CCCC(C)[SiH](OC(C)C)OC(C)C. The summed E-state index contributed by atoms with van der Waals surface area (Å²) in [5.41, 5.74) is 0.549. The molecule has 0 N–H and O–H groups in total. The van der Waals surface area contributed by atoms with E-state index < -0.39 is 9.28 Å². The molecule has 0 fully saturated rings. The molecule has 90 valence electrons. The summed E-state index contributed by atoms with van der Waals surface area (Å²) in [6.45, 7) is 14.3. The smallest absolute Gasteiger partial charge is 0.324 e. The molecule has 3 heteroatoms. The molecular weight excluding hydrogens is 204 g/mol. The monoisotopic (exact) mass is 230 g/mol. The first-order chi connectivity index (χ1) is 6.97. The van der Waals surface area contributed by atoms with Gasteiger partial charge in [0.25, 0.3) is 0 Å². The topological polar surface area (TPSA) is 18.5 Å². The predicted octanol–water partition coefficient (Wildman–Crippen LogP) is 3.41. The van der Waals surface area contributed by atoms with E-state index >= 15 is 0 Å². The predicted molar refractivity (Wildman–Crippen MR) is 68.4 cm³/mol. The highest BCUT2D eigenvalue weighted by atomic mass is 28.3. The molecule has 0 saturated heterocycles. The summed E-state index contributed by atoms with van der Waals surface area (Å²) in [5.74, 6) is 0. The lowest BCUT2D eigenvalue weighted by Gasteiger charge is -2.26. The van der Waals surface area contributed by atoms with Gasteiger partial charge >= 0.3 is 9.28 Å². The van der Waals surface area contributed by atoms with Crippen molar-refractivity contribution >= 4 is 9.28 Å². The van der Waals surface area contributed by atoms with Gasteiger partial charge in [0.2, 0.25) is 0 Å². The summed E-state index contributed by atoms with van der Waals surface area (Å²) < 4.78 is 11.8. The van der Waals surface area contributed by atoms with Gasteiger partial charge in [0.1, 0.15) is 0 Å². The molecule has 0 radical (unpaired) electrons. The van der Waals surface area contributed by atoms with Gasteiger partial charge in [0.05, 0.1) is 0 Å². The van der Waals surface area contributed by atoms with Crippen LogP contribution in [0.3, 0.4) is 0 Å². The fourth-order valence-electron chi connectivity index (χ4n) is 1.35. The van der Waals surface area contributed by atoms with E-state index in [0.29, 0.717) is 5.54 Å². The van der Waals surface area contributed by atoms with E-state index in [1.165, 1.54) is 0 Å². The summed E-state index contributed by atoms with van der Waals surface area (Å²) in [5, 5.41) is 0. The van der Waals surface area contributed by atoms with Crippen molar-refractivity contribution in [3.05, 3.63) is 12.7 Å². The van der Waals surface area contributed by atoms with Gasteiger partial charge in [0, 0.05) is 12.2 Å². The Bertz CT molecular complexity index is 159. The highest BCUT2D eigenvalue weighted by Gasteiger charge is 2.24. The molecule has 0 aromatic heterocycles. The van der Waals surface area contributed by atoms with Crippen molar-refractivity contribution in [3.8, 4) is 0 Å². The second kappa shape index (κ2) is 8.08. The van der Waals surface area contributed by atoms with Crippen molar-refractivity contribution in [2.45, 2.75) is 65.2 Å². The van der Waals surface area contributed by atoms with Gasteiger partial charge in [-0.1, -0.05) is 13.0 Å². The second-order valence-corrected chi connectivity index (χ2v) is 7.00. The van der Waals surface area contributed by atoms with Crippen LogP contribution < -0.4 is 0 Å². The minimum atomic E-state index is -1.52. The van der Waals surface area contributed by atoms with Crippen molar-refractivity contribution in [2.75, 3.05) is 0 Å². The van der Waals surface area contributed by atoms with Crippen LogP contribution in [0.1, 0.15) is 47.5 Å². The first-order valence-corrected chi connectivity index (χ1v) is 7.50. The Labute approximate surface area is 96.5 Å². The fourth-order valence-corrected chi connectivity index (χ4v) is 3.49. The molecule has 0 heterocycles. The molecule has 0 aromatic carbocycles. The molecule has 0 amide bonds. The Morgan fingerprint density at radius 2 is 1.53 bits per heavy atom. The third-order valence-electron chi connectivity index (χ3n) is 2.10. The first-order valence-electron chi connectivity index (χ1n) is 5.89. The largest absolute Gasteiger partial charge is 0.394 e. The van der Waals surface area contributed by atoms with E-state index in [1.807, 2.05) is 6.08 Å². The maximum Gasteiger partial charge on any atom is 0.324 e. The van der Waals surface area contributed by atoms with E-state index in [9.17, 15) is 0 Å². The van der Waals surface area contributed by atoms with E-state index in [1.54, 1.807) is 0 Å². The second-order valence-electron chi connectivity index (χ2n) is 4.58. The van der Waals surface area contributed by atoms with Gasteiger partial charge in [-0.25, -0.2) is 0 Å². The Morgan fingerprint density at radius 1 is 1.07 bits per heavy atom. The molecule has 2 nitrogen and oxygen atoms in total. The quantitative estimate of drug-likeness (QED) is 0.470. The third-order valence-corrected chi connectivity index (χ3v) is 4.99. The van der Waals surface area contributed by atoms with Crippen molar-refractivity contribution in [1.82, 2.24) is 0 Å². The molecule has 0 saturated carbocycles. The van der Waals surface area contributed by atoms with Gasteiger partial charge in [-0.2, -0.15) is 0 Å². The Morgan fingerprint density at radius 3 is 1.87 bits per heavy atom. The minimum Gasteiger partial charge on any atom is -0.394 e. The normalized spacial score (nSPS) is 13.9. The molecular formula is C12H26O2Si. The van der Waals surface area contributed by atoms with E-state index in [4.69, 9.17) is 8.85 Å². The summed E-state index contributed by atoms with van der Waals surface area (Å²) in [6, 6.07) is 0. The van der Waals surface area contributed by atoms with Gasteiger partial charge in [0.15, 0.2) is 0 Å². The lowest BCUT2D eigenvalue weighted by molar-refractivity contribution is 0.123. The van der Waals surface area contributed by atoms with Crippen LogP contribution in [0.25, 0.3) is 0 Å². The zero-order valence-electron chi connectivity index (χ0n) is 10.8. The van der Waals surface area contributed by atoms with E-state index in [0.717, 1.165) is 12.8 Å². The van der Waals surface area contributed by atoms with Crippen LogP contribution in [-0.4, -0.2) is 21.5 Å². The molecule has 1 atom stereocenters. The average Bonchev–Trinajstić information content (AvgIpc) is 2.11. The summed E-state index contributed by atoms with van der Waals surface area (Å²) in [4.78, 5) is 0. The van der Waals surface area contributed by atoms with Crippen LogP contribution in [0.4, 0.5) is 0 Å². The van der Waals surface area contributed by atoms with Crippen LogP contribution in [0.5, 0.6) is 0 Å². The maximum absolute atomic E-state index is 5.90. The van der Waals surface area contributed by atoms with Crippen molar-refractivity contribution < 1.29 is 8.85 Å². The molecule has 15 heavy (non-hydrogen) atoms. The van der Waals surface area contributed by atoms with Crippen LogP contribution in [-0.2, 0) is 8.85 Å². The molecule has 0 bridgehead atoms. The molecule has 0 aliphatic rings.